The Morgan fingerprint density at radius 2 is 1.79 bits per heavy atom. The number of aryl methyl sites for hydroxylation is 2. The van der Waals surface area contributed by atoms with Gasteiger partial charge in [-0.1, -0.05) is 18.2 Å². The SMILES string of the molecule is CCOc1ccc(C(=O)Nc2ccc(C)c(S(=O)(=O)Nc3cccc(C)c3)c2)cc1[N+](=O)[O-]. The van der Waals surface area contributed by atoms with Crippen molar-refractivity contribution in [2.45, 2.75) is 25.7 Å². The third-order valence-electron chi connectivity index (χ3n) is 4.72. The second kappa shape index (κ2) is 9.70. The molecule has 2 N–H and O–H groups in total. The average molecular weight is 470 g/mol. The Kier molecular flexibility index (Phi) is 6.98. The van der Waals surface area contributed by atoms with Crippen molar-refractivity contribution < 1.29 is 22.9 Å². The average Bonchev–Trinajstić information content (AvgIpc) is 2.75. The molecule has 0 atom stereocenters. The first-order valence-corrected chi connectivity index (χ1v) is 11.5. The first-order chi connectivity index (χ1) is 15.6. The number of nitrogens with zero attached hydrogens (tertiary/aromatic N) is 1. The second-order valence-corrected chi connectivity index (χ2v) is 8.93. The molecular formula is C23H23N3O6S. The highest BCUT2D eigenvalue weighted by Crippen LogP contribution is 2.29. The van der Waals surface area contributed by atoms with Crippen molar-refractivity contribution in [3.63, 3.8) is 0 Å². The van der Waals surface area contributed by atoms with Gasteiger partial charge in [-0.15, -0.1) is 0 Å². The van der Waals surface area contributed by atoms with Crippen molar-refractivity contribution in [1.29, 1.82) is 0 Å². The molecular weight excluding hydrogens is 446 g/mol. The van der Waals surface area contributed by atoms with E-state index in [-0.39, 0.29) is 34.2 Å². The lowest BCUT2D eigenvalue weighted by Crippen LogP contribution is -2.16. The van der Waals surface area contributed by atoms with Crippen molar-refractivity contribution in [3.8, 4) is 5.75 Å². The number of hydrogen-bond acceptors (Lipinski definition) is 6. The highest BCUT2D eigenvalue weighted by molar-refractivity contribution is 7.92. The minimum atomic E-state index is -3.92. The molecule has 0 aliphatic carbocycles. The monoisotopic (exact) mass is 469 g/mol. The quantitative estimate of drug-likeness (QED) is 0.365. The zero-order valence-electron chi connectivity index (χ0n) is 18.3. The van der Waals surface area contributed by atoms with Gasteiger partial charge >= 0.3 is 5.69 Å². The molecule has 0 saturated heterocycles. The largest absolute Gasteiger partial charge is 0.487 e. The van der Waals surface area contributed by atoms with Crippen LogP contribution in [0.1, 0.15) is 28.4 Å². The maximum atomic E-state index is 12.9. The molecule has 1 amide bonds. The molecule has 0 unspecified atom stereocenters. The van der Waals surface area contributed by atoms with Gasteiger partial charge < -0.3 is 10.1 Å². The van der Waals surface area contributed by atoms with E-state index in [1.807, 2.05) is 13.0 Å². The maximum Gasteiger partial charge on any atom is 0.311 e. The van der Waals surface area contributed by atoms with E-state index in [0.29, 0.717) is 11.3 Å². The summed E-state index contributed by atoms with van der Waals surface area (Å²) in [5.74, 6) is -0.565. The highest BCUT2D eigenvalue weighted by atomic mass is 32.2. The number of rotatable bonds is 8. The molecule has 172 valence electrons. The molecule has 9 nitrogen and oxygen atoms in total. The van der Waals surface area contributed by atoms with Gasteiger partial charge in [-0.3, -0.25) is 19.6 Å². The van der Waals surface area contributed by atoms with E-state index in [1.165, 1.54) is 18.2 Å². The number of nitro benzene ring substituents is 1. The fraction of sp³-hybridized carbons (Fsp3) is 0.174. The molecule has 3 aromatic rings. The van der Waals surface area contributed by atoms with Gasteiger partial charge in [0.2, 0.25) is 0 Å². The minimum Gasteiger partial charge on any atom is -0.487 e. The van der Waals surface area contributed by atoms with Crippen molar-refractivity contribution in [2.24, 2.45) is 0 Å². The van der Waals surface area contributed by atoms with E-state index in [2.05, 4.69) is 10.0 Å². The number of nitrogens with one attached hydrogen (secondary N) is 2. The van der Waals surface area contributed by atoms with Crippen LogP contribution >= 0.6 is 0 Å². The highest BCUT2D eigenvalue weighted by Gasteiger charge is 2.21. The van der Waals surface area contributed by atoms with Crippen LogP contribution in [0.15, 0.2) is 65.6 Å². The normalized spacial score (nSPS) is 11.0. The number of ether oxygens (including phenoxy) is 1. The van der Waals surface area contributed by atoms with Crippen molar-refractivity contribution >= 4 is 33.0 Å². The van der Waals surface area contributed by atoms with Crippen LogP contribution in [0.5, 0.6) is 5.75 Å². The topological polar surface area (TPSA) is 128 Å². The Labute approximate surface area is 191 Å². The fourth-order valence-corrected chi connectivity index (χ4v) is 4.49. The van der Waals surface area contributed by atoms with Crippen LogP contribution in [0.3, 0.4) is 0 Å². The summed E-state index contributed by atoms with van der Waals surface area (Å²) < 4.78 is 33.7. The lowest BCUT2D eigenvalue weighted by atomic mass is 10.1. The first kappa shape index (κ1) is 23.7. The molecule has 0 aliphatic rings. The van der Waals surface area contributed by atoms with Crippen LogP contribution in [0.2, 0.25) is 0 Å². The molecule has 0 aromatic heterocycles. The molecule has 0 radical (unpaired) electrons. The maximum absolute atomic E-state index is 12.9. The van der Waals surface area contributed by atoms with E-state index in [9.17, 15) is 23.3 Å². The summed E-state index contributed by atoms with van der Waals surface area (Å²) >= 11 is 0. The smallest absolute Gasteiger partial charge is 0.311 e. The van der Waals surface area contributed by atoms with E-state index in [4.69, 9.17) is 4.74 Å². The van der Waals surface area contributed by atoms with E-state index < -0.39 is 20.9 Å². The Morgan fingerprint density at radius 1 is 1.03 bits per heavy atom. The van der Waals surface area contributed by atoms with Gasteiger partial charge in [0.05, 0.1) is 16.4 Å². The molecule has 0 saturated carbocycles. The standard InChI is InChI=1S/C23H23N3O6S/c1-4-32-21-11-9-17(13-20(21)26(28)29)23(27)24-18-10-8-16(3)22(14-18)33(30,31)25-19-7-5-6-15(2)12-19/h5-14,25H,4H2,1-3H3,(H,24,27). The van der Waals surface area contributed by atoms with Gasteiger partial charge in [-0.25, -0.2) is 8.42 Å². The summed E-state index contributed by atoms with van der Waals surface area (Å²) in [6, 6.07) is 15.3. The van der Waals surface area contributed by atoms with Gasteiger partial charge in [-0.2, -0.15) is 0 Å². The Balaban J connectivity index is 1.87. The van der Waals surface area contributed by atoms with Crippen LogP contribution in [0, 0.1) is 24.0 Å². The van der Waals surface area contributed by atoms with Crippen LogP contribution in [0.4, 0.5) is 17.1 Å². The van der Waals surface area contributed by atoms with E-state index in [1.54, 1.807) is 44.2 Å². The molecule has 0 bridgehead atoms. The molecule has 0 heterocycles. The molecule has 10 heteroatoms. The summed E-state index contributed by atoms with van der Waals surface area (Å²) in [5.41, 5.74) is 1.74. The number of nitro groups is 1. The number of anilines is 2. The van der Waals surface area contributed by atoms with Crippen molar-refractivity contribution in [1.82, 2.24) is 0 Å². The molecule has 0 spiro atoms. The molecule has 0 fully saturated rings. The van der Waals surface area contributed by atoms with E-state index in [0.717, 1.165) is 11.6 Å². The molecule has 3 aromatic carbocycles. The lowest BCUT2D eigenvalue weighted by Gasteiger charge is -2.13. The van der Waals surface area contributed by atoms with Crippen molar-refractivity contribution in [2.75, 3.05) is 16.6 Å². The predicted octanol–water partition coefficient (Wildman–Crippen LogP) is 4.66. The number of amides is 1. The summed E-state index contributed by atoms with van der Waals surface area (Å²) in [6.45, 7) is 5.43. The van der Waals surface area contributed by atoms with Gasteiger partial charge in [-0.05, 0) is 68.3 Å². The second-order valence-electron chi connectivity index (χ2n) is 7.28. The zero-order valence-corrected chi connectivity index (χ0v) is 19.1. The number of hydrogen-bond donors (Lipinski definition) is 2. The number of carbonyl (C=O) groups is 1. The summed E-state index contributed by atoms with van der Waals surface area (Å²) in [4.78, 5) is 23.4. The molecule has 3 rings (SSSR count). The Hall–Kier alpha value is -3.92. The van der Waals surface area contributed by atoms with Crippen LogP contribution in [-0.4, -0.2) is 25.9 Å². The van der Waals surface area contributed by atoms with E-state index >= 15 is 0 Å². The van der Waals surface area contributed by atoms with Gasteiger partial charge in [0.25, 0.3) is 15.9 Å². The number of sulfonamides is 1. The lowest BCUT2D eigenvalue weighted by molar-refractivity contribution is -0.385. The predicted molar refractivity (Wildman–Crippen MR) is 125 cm³/mol. The summed E-state index contributed by atoms with van der Waals surface area (Å²) in [5, 5.41) is 13.9. The Bertz CT molecular complexity index is 1320. The van der Waals surface area contributed by atoms with Crippen LogP contribution < -0.4 is 14.8 Å². The minimum absolute atomic E-state index is 0.000481. The number of carbonyl (C=O) groups excluding carboxylic acids is 1. The van der Waals surface area contributed by atoms with Crippen LogP contribution in [0.25, 0.3) is 0 Å². The summed E-state index contributed by atoms with van der Waals surface area (Å²) in [7, 11) is -3.92. The molecule has 33 heavy (non-hydrogen) atoms. The Morgan fingerprint density at radius 3 is 2.45 bits per heavy atom. The van der Waals surface area contributed by atoms with Gasteiger partial charge in [0, 0.05) is 23.0 Å². The van der Waals surface area contributed by atoms with Gasteiger partial charge in [0.15, 0.2) is 5.75 Å². The van der Waals surface area contributed by atoms with Crippen molar-refractivity contribution in [3.05, 3.63) is 87.5 Å². The third-order valence-corrected chi connectivity index (χ3v) is 6.25. The first-order valence-electron chi connectivity index (χ1n) is 10.0. The number of benzene rings is 3. The third kappa shape index (κ3) is 5.66. The molecule has 0 aliphatic heterocycles. The summed E-state index contributed by atoms with van der Waals surface area (Å²) in [6.07, 6.45) is 0. The fourth-order valence-electron chi connectivity index (χ4n) is 3.17. The van der Waals surface area contributed by atoms with Gasteiger partial charge in [0.1, 0.15) is 0 Å². The zero-order chi connectivity index (χ0) is 24.2. The van der Waals surface area contributed by atoms with Crippen LogP contribution in [-0.2, 0) is 10.0 Å².